The van der Waals surface area contributed by atoms with Crippen molar-refractivity contribution < 1.29 is 10.0 Å². The SMILES string of the molecule is C=Cc1cc(Br)cc([N+](=O)[O-])c1O. The molecule has 1 N–H and O–H groups in total. The molecule has 0 spiro atoms. The van der Waals surface area contributed by atoms with Crippen LogP contribution in [0.5, 0.6) is 5.75 Å². The topological polar surface area (TPSA) is 63.4 Å². The number of phenolic OH excluding ortho intramolecular Hbond substituents is 1. The van der Waals surface area contributed by atoms with E-state index >= 15 is 0 Å². The number of hydrogen-bond donors (Lipinski definition) is 1. The summed E-state index contributed by atoms with van der Waals surface area (Å²) in [6.07, 6.45) is 1.35. The Labute approximate surface area is 82.8 Å². The fourth-order valence-corrected chi connectivity index (χ4v) is 1.36. The maximum Gasteiger partial charge on any atom is 0.312 e. The summed E-state index contributed by atoms with van der Waals surface area (Å²) in [4.78, 5) is 9.79. The van der Waals surface area contributed by atoms with Gasteiger partial charge in [0.15, 0.2) is 0 Å². The van der Waals surface area contributed by atoms with E-state index in [1.54, 1.807) is 6.07 Å². The number of rotatable bonds is 2. The Kier molecular flexibility index (Phi) is 2.67. The Balaban J connectivity index is 3.44. The fraction of sp³-hybridized carbons (Fsp3) is 0. The molecule has 68 valence electrons. The van der Waals surface area contributed by atoms with Gasteiger partial charge < -0.3 is 5.11 Å². The molecule has 1 aromatic carbocycles. The average molecular weight is 244 g/mol. The van der Waals surface area contributed by atoms with Crippen molar-refractivity contribution in [2.45, 2.75) is 0 Å². The third kappa shape index (κ3) is 1.86. The second-order valence-electron chi connectivity index (χ2n) is 2.32. The molecule has 0 unspecified atom stereocenters. The van der Waals surface area contributed by atoms with Crippen molar-refractivity contribution in [2.24, 2.45) is 0 Å². The Bertz CT molecular complexity index is 376. The van der Waals surface area contributed by atoms with Gasteiger partial charge >= 0.3 is 5.69 Å². The number of nitro groups is 1. The van der Waals surface area contributed by atoms with Crippen molar-refractivity contribution in [3.05, 3.63) is 38.9 Å². The molecule has 0 radical (unpaired) electrons. The van der Waals surface area contributed by atoms with Crippen molar-refractivity contribution in [3.63, 3.8) is 0 Å². The minimum atomic E-state index is -0.646. The van der Waals surface area contributed by atoms with Crippen LogP contribution in [0.3, 0.4) is 0 Å². The van der Waals surface area contributed by atoms with Gasteiger partial charge in [-0.1, -0.05) is 28.6 Å². The molecule has 1 aromatic rings. The number of nitro benzene ring substituents is 1. The number of aromatic hydroxyl groups is 1. The first-order valence-corrected chi connectivity index (χ1v) is 4.15. The summed E-state index contributed by atoms with van der Waals surface area (Å²) in [7, 11) is 0. The van der Waals surface area contributed by atoms with E-state index in [0.29, 0.717) is 10.0 Å². The van der Waals surface area contributed by atoms with Crippen LogP contribution in [0.1, 0.15) is 5.56 Å². The molecule has 13 heavy (non-hydrogen) atoms. The predicted octanol–water partition coefficient (Wildman–Crippen LogP) is 2.71. The third-order valence-electron chi connectivity index (χ3n) is 1.50. The van der Waals surface area contributed by atoms with Gasteiger partial charge in [-0.25, -0.2) is 0 Å². The molecule has 0 saturated carbocycles. The zero-order valence-corrected chi connectivity index (χ0v) is 8.11. The first kappa shape index (κ1) is 9.73. The van der Waals surface area contributed by atoms with Crippen molar-refractivity contribution in [1.82, 2.24) is 0 Å². The lowest BCUT2D eigenvalue weighted by atomic mass is 10.2. The summed E-state index contributed by atoms with van der Waals surface area (Å²) < 4.78 is 0.534. The van der Waals surface area contributed by atoms with E-state index < -0.39 is 4.92 Å². The fourth-order valence-electron chi connectivity index (χ4n) is 0.900. The van der Waals surface area contributed by atoms with Crippen LogP contribution in [-0.4, -0.2) is 10.0 Å². The molecule has 5 heteroatoms. The van der Waals surface area contributed by atoms with E-state index in [1.807, 2.05) is 0 Å². The van der Waals surface area contributed by atoms with Gasteiger partial charge in [-0.3, -0.25) is 10.1 Å². The molecule has 0 amide bonds. The normalized spacial score (nSPS) is 9.62. The van der Waals surface area contributed by atoms with Gasteiger partial charge in [0.25, 0.3) is 0 Å². The predicted molar refractivity (Wildman–Crippen MR) is 52.6 cm³/mol. The standard InChI is InChI=1S/C8H6BrNO3/c1-2-5-3-6(9)4-7(8(5)11)10(12)13/h2-4,11H,1H2. The third-order valence-corrected chi connectivity index (χ3v) is 1.96. The molecule has 0 atom stereocenters. The van der Waals surface area contributed by atoms with Crippen LogP contribution in [0.15, 0.2) is 23.2 Å². The highest BCUT2D eigenvalue weighted by molar-refractivity contribution is 9.10. The smallest absolute Gasteiger partial charge is 0.312 e. The second-order valence-corrected chi connectivity index (χ2v) is 3.24. The van der Waals surface area contributed by atoms with Crippen molar-refractivity contribution in [3.8, 4) is 5.75 Å². The van der Waals surface area contributed by atoms with Gasteiger partial charge in [-0.2, -0.15) is 0 Å². The Morgan fingerprint density at radius 2 is 2.23 bits per heavy atom. The summed E-state index contributed by atoms with van der Waals surface area (Å²) in [6, 6.07) is 2.79. The largest absolute Gasteiger partial charge is 0.502 e. The Hall–Kier alpha value is -1.36. The molecule has 0 fully saturated rings. The molecule has 0 aliphatic carbocycles. The number of nitrogens with zero attached hydrogens (tertiary/aromatic N) is 1. The maximum atomic E-state index is 10.4. The van der Waals surface area contributed by atoms with Crippen LogP contribution in [0.25, 0.3) is 6.08 Å². The molecule has 4 nitrogen and oxygen atoms in total. The first-order chi connectivity index (χ1) is 6.06. The lowest BCUT2D eigenvalue weighted by molar-refractivity contribution is -0.385. The molecular formula is C8H6BrNO3. The van der Waals surface area contributed by atoms with Crippen molar-refractivity contribution in [1.29, 1.82) is 0 Å². The molecule has 0 saturated heterocycles. The molecule has 0 aromatic heterocycles. The molecule has 0 aliphatic heterocycles. The summed E-state index contributed by atoms with van der Waals surface area (Å²) in [5.74, 6) is -0.358. The number of benzene rings is 1. The van der Waals surface area contributed by atoms with Crippen LogP contribution in [0.2, 0.25) is 0 Å². The summed E-state index contributed by atoms with van der Waals surface area (Å²) in [5.41, 5.74) is 0.00495. The highest BCUT2D eigenvalue weighted by atomic mass is 79.9. The van der Waals surface area contributed by atoms with Crippen molar-refractivity contribution >= 4 is 27.7 Å². The summed E-state index contributed by atoms with van der Waals surface area (Å²) in [5, 5.41) is 19.8. The molecule has 0 bridgehead atoms. The van der Waals surface area contributed by atoms with Crippen LogP contribution < -0.4 is 0 Å². The zero-order chi connectivity index (χ0) is 10.0. The highest BCUT2D eigenvalue weighted by Gasteiger charge is 2.16. The number of hydrogen-bond acceptors (Lipinski definition) is 3. The summed E-state index contributed by atoms with van der Waals surface area (Å²) in [6.45, 7) is 3.43. The highest BCUT2D eigenvalue weighted by Crippen LogP contribution is 2.33. The minimum absolute atomic E-state index is 0.329. The molecular weight excluding hydrogens is 238 g/mol. The lowest BCUT2D eigenvalue weighted by Crippen LogP contribution is -1.90. The Morgan fingerprint density at radius 1 is 1.62 bits per heavy atom. The number of halogens is 1. The second kappa shape index (κ2) is 3.57. The van der Waals surface area contributed by atoms with E-state index in [2.05, 4.69) is 22.5 Å². The van der Waals surface area contributed by atoms with Crippen LogP contribution in [0, 0.1) is 10.1 Å². The molecule has 0 heterocycles. The van der Waals surface area contributed by atoms with Gasteiger partial charge in [0.2, 0.25) is 5.75 Å². The van der Waals surface area contributed by atoms with Gasteiger partial charge in [0, 0.05) is 16.1 Å². The maximum absolute atomic E-state index is 10.4. The van der Waals surface area contributed by atoms with Gasteiger partial charge in [-0.05, 0) is 6.07 Å². The van der Waals surface area contributed by atoms with Gasteiger partial charge in [-0.15, -0.1) is 0 Å². The van der Waals surface area contributed by atoms with E-state index in [0.717, 1.165) is 0 Å². The van der Waals surface area contributed by atoms with Crippen LogP contribution in [0.4, 0.5) is 5.69 Å². The first-order valence-electron chi connectivity index (χ1n) is 3.35. The van der Waals surface area contributed by atoms with E-state index in [1.165, 1.54) is 12.1 Å². The van der Waals surface area contributed by atoms with E-state index in [4.69, 9.17) is 0 Å². The minimum Gasteiger partial charge on any atom is -0.502 e. The average Bonchev–Trinajstić information content (AvgIpc) is 2.08. The molecule has 1 rings (SSSR count). The lowest BCUT2D eigenvalue weighted by Gasteiger charge is -2.00. The number of phenols is 1. The molecule has 0 aliphatic rings. The zero-order valence-electron chi connectivity index (χ0n) is 6.53. The van der Waals surface area contributed by atoms with Crippen molar-refractivity contribution in [2.75, 3.05) is 0 Å². The van der Waals surface area contributed by atoms with Crippen LogP contribution >= 0.6 is 15.9 Å². The summed E-state index contributed by atoms with van der Waals surface area (Å²) >= 11 is 3.09. The van der Waals surface area contributed by atoms with Crippen LogP contribution in [-0.2, 0) is 0 Å². The van der Waals surface area contributed by atoms with E-state index in [-0.39, 0.29) is 11.4 Å². The van der Waals surface area contributed by atoms with E-state index in [9.17, 15) is 15.2 Å². The van der Waals surface area contributed by atoms with Gasteiger partial charge in [0.1, 0.15) is 0 Å². The quantitative estimate of drug-likeness (QED) is 0.642. The monoisotopic (exact) mass is 243 g/mol. The Morgan fingerprint density at radius 3 is 2.69 bits per heavy atom. The van der Waals surface area contributed by atoms with Gasteiger partial charge in [0.05, 0.1) is 4.92 Å².